The van der Waals surface area contributed by atoms with E-state index < -0.39 is 0 Å². The predicted molar refractivity (Wildman–Crippen MR) is 77.1 cm³/mol. The maximum atomic E-state index is 9.20. The Morgan fingerprint density at radius 3 is 2.65 bits per heavy atom. The number of hydrogen-bond donors (Lipinski definition) is 0. The molecule has 2 aliphatic rings. The van der Waals surface area contributed by atoms with Gasteiger partial charge in [0.1, 0.15) is 6.07 Å². The third-order valence-electron chi connectivity index (χ3n) is 4.45. The number of anilines is 1. The molecule has 1 aromatic rings. The van der Waals surface area contributed by atoms with Crippen molar-refractivity contribution in [2.24, 2.45) is 5.92 Å². The van der Waals surface area contributed by atoms with Gasteiger partial charge in [-0.1, -0.05) is 12.1 Å². The molecule has 4 heteroatoms. The summed E-state index contributed by atoms with van der Waals surface area (Å²) in [5.41, 5.74) is 1.80. The van der Waals surface area contributed by atoms with Crippen LogP contribution in [0.4, 0.5) is 5.69 Å². The van der Waals surface area contributed by atoms with Gasteiger partial charge in [-0.2, -0.15) is 10.5 Å². The van der Waals surface area contributed by atoms with Crippen LogP contribution in [-0.4, -0.2) is 37.1 Å². The lowest BCUT2D eigenvalue weighted by molar-refractivity contribution is 0.255. The van der Waals surface area contributed by atoms with Crippen molar-refractivity contribution < 1.29 is 0 Å². The van der Waals surface area contributed by atoms with Crippen molar-refractivity contribution in [1.29, 1.82) is 10.5 Å². The summed E-state index contributed by atoms with van der Waals surface area (Å²) in [6, 6.07) is 13.0. The third kappa shape index (κ3) is 2.35. The second-order valence-electron chi connectivity index (χ2n) is 5.63. The van der Waals surface area contributed by atoms with E-state index in [0.717, 1.165) is 50.3 Å². The third-order valence-corrected chi connectivity index (χ3v) is 4.45. The summed E-state index contributed by atoms with van der Waals surface area (Å²) in [6.07, 6.45) is 2.12. The first-order valence-electron chi connectivity index (χ1n) is 7.19. The first-order chi connectivity index (χ1) is 9.81. The van der Waals surface area contributed by atoms with Gasteiger partial charge in [0, 0.05) is 25.7 Å². The van der Waals surface area contributed by atoms with Crippen molar-refractivity contribution in [3.8, 4) is 12.1 Å². The summed E-state index contributed by atoms with van der Waals surface area (Å²) in [4.78, 5) is 4.76. The maximum absolute atomic E-state index is 9.20. The number of hydrogen-bond acceptors (Lipinski definition) is 4. The summed E-state index contributed by atoms with van der Waals surface area (Å²) in [7, 11) is 0. The Bertz CT molecular complexity index is 569. The van der Waals surface area contributed by atoms with Crippen LogP contribution in [0.2, 0.25) is 0 Å². The van der Waals surface area contributed by atoms with Gasteiger partial charge in [0.2, 0.25) is 0 Å². The van der Waals surface area contributed by atoms with Crippen LogP contribution in [0.15, 0.2) is 24.3 Å². The van der Waals surface area contributed by atoms with E-state index in [-0.39, 0.29) is 5.92 Å². The Hall–Kier alpha value is -2.04. The van der Waals surface area contributed by atoms with E-state index in [0.29, 0.717) is 6.04 Å². The lowest BCUT2D eigenvalue weighted by Gasteiger charge is -2.25. The zero-order chi connectivity index (χ0) is 13.9. The maximum Gasteiger partial charge on any atom is 0.101 e. The molecule has 2 unspecified atom stereocenters. The Kier molecular flexibility index (Phi) is 3.58. The Labute approximate surface area is 119 Å². The van der Waals surface area contributed by atoms with Gasteiger partial charge in [-0.15, -0.1) is 0 Å². The number of para-hydroxylation sites is 1. The molecular weight excluding hydrogens is 248 g/mol. The minimum atomic E-state index is 0.204. The Morgan fingerprint density at radius 1 is 1.05 bits per heavy atom. The topological polar surface area (TPSA) is 54.1 Å². The van der Waals surface area contributed by atoms with Crippen LogP contribution in [0.25, 0.3) is 0 Å². The van der Waals surface area contributed by atoms with Crippen LogP contribution >= 0.6 is 0 Å². The first-order valence-corrected chi connectivity index (χ1v) is 7.19. The number of likely N-dealkylation sites (tertiary alicyclic amines) is 1. The monoisotopic (exact) mass is 266 g/mol. The molecule has 2 saturated heterocycles. The molecule has 2 heterocycles. The highest BCUT2D eigenvalue weighted by molar-refractivity contribution is 5.59. The summed E-state index contributed by atoms with van der Waals surface area (Å²) in [5.74, 6) is 0.204. The van der Waals surface area contributed by atoms with Crippen molar-refractivity contribution >= 4 is 5.69 Å². The van der Waals surface area contributed by atoms with Gasteiger partial charge in [0.25, 0.3) is 0 Å². The van der Waals surface area contributed by atoms with Crippen molar-refractivity contribution in [3.05, 3.63) is 29.8 Å². The quantitative estimate of drug-likeness (QED) is 0.821. The van der Waals surface area contributed by atoms with Crippen LogP contribution in [0.5, 0.6) is 0 Å². The molecule has 20 heavy (non-hydrogen) atoms. The molecule has 3 rings (SSSR count). The molecule has 0 saturated carbocycles. The van der Waals surface area contributed by atoms with Crippen LogP contribution in [0, 0.1) is 28.6 Å². The SMILES string of the molecule is N#Cc1ccccc1N1CCC(N2CCC(C#N)C2)C1. The summed E-state index contributed by atoms with van der Waals surface area (Å²) in [6.45, 7) is 3.92. The van der Waals surface area contributed by atoms with Crippen molar-refractivity contribution in [2.75, 3.05) is 31.1 Å². The second kappa shape index (κ2) is 5.53. The number of nitrogens with zero attached hydrogens (tertiary/aromatic N) is 4. The molecule has 0 amide bonds. The van der Waals surface area contributed by atoms with E-state index in [1.807, 2.05) is 24.3 Å². The molecule has 2 aliphatic heterocycles. The Balaban J connectivity index is 1.69. The molecule has 0 aromatic heterocycles. The van der Waals surface area contributed by atoms with Gasteiger partial charge in [-0.25, -0.2) is 0 Å². The average molecular weight is 266 g/mol. The molecule has 0 spiro atoms. The van der Waals surface area contributed by atoms with Gasteiger partial charge in [-0.05, 0) is 31.5 Å². The largest absolute Gasteiger partial charge is 0.369 e. The van der Waals surface area contributed by atoms with Crippen LogP contribution in [0.3, 0.4) is 0 Å². The van der Waals surface area contributed by atoms with Gasteiger partial charge < -0.3 is 4.90 Å². The number of nitriles is 2. The molecule has 0 bridgehead atoms. The number of rotatable bonds is 2. The second-order valence-corrected chi connectivity index (χ2v) is 5.63. The highest BCUT2D eigenvalue weighted by Crippen LogP contribution is 2.28. The van der Waals surface area contributed by atoms with Gasteiger partial charge in [-0.3, -0.25) is 4.90 Å². The predicted octanol–water partition coefficient (Wildman–Crippen LogP) is 1.98. The summed E-state index contributed by atoms with van der Waals surface area (Å²) < 4.78 is 0. The standard InChI is InChI=1S/C16H18N4/c17-9-13-5-7-19(11-13)15-6-8-20(12-15)16-4-2-1-3-14(16)10-18/h1-4,13,15H,5-8,11-12H2. The van der Waals surface area contributed by atoms with Gasteiger partial charge in [0.15, 0.2) is 0 Å². The normalized spacial score (nSPS) is 26.4. The van der Waals surface area contributed by atoms with Crippen molar-refractivity contribution in [1.82, 2.24) is 4.90 Å². The molecule has 4 nitrogen and oxygen atoms in total. The smallest absolute Gasteiger partial charge is 0.101 e. The molecule has 1 aromatic carbocycles. The molecule has 0 aliphatic carbocycles. The zero-order valence-electron chi connectivity index (χ0n) is 11.5. The minimum Gasteiger partial charge on any atom is -0.369 e. The zero-order valence-corrected chi connectivity index (χ0v) is 11.5. The van der Waals surface area contributed by atoms with Crippen molar-refractivity contribution in [2.45, 2.75) is 18.9 Å². The van der Waals surface area contributed by atoms with E-state index in [1.165, 1.54) is 0 Å². The van der Waals surface area contributed by atoms with Gasteiger partial charge in [0.05, 0.1) is 23.2 Å². The molecule has 2 atom stereocenters. The van der Waals surface area contributed by atoms with Crippen molar-refractivity contribution in [3.63, 3.8) is 0 Å². The fourth-order valence-corrected chi connectivity index (χ4v) is 3.33. The molecule has 0 N–H and O–H groups in total. The summed E-state index contributed by atoms with van der Waals surface area (Å²) in [5, 5.41) is 18.2. The van der Waals surface area contributed by atoms with Crippen LogP contribution < -0.4 is 4.90 Å². The fourth-order valence-electron chi connectivity index (χ4n) is 3.33. The number of benzene rings is 1. The highest BCUT2D eigenvalue weighted by Gasteiger charge is 2.33. The highest BCUT2D eigenvalue weighted by atomic mass is 15.3. The molecular formula is C16H18N4. The Morgan fingerprint density at radius 2 is 1.90 bits per heavy atom. The van der Waals surface area contributed by atoms with Crippen LogP contribution in [-0.2, 0) is 0 Å². The van der Waals surface area contributed by atoms with E-state index in [1.54, 1.807) is 0 Å². The van der Waals surface area contributed by atoms with E-state index in [2.05, 4.69) is 21.9 Å². The van der Waals surface area contributed by atoms with E-state index in [9.17, 15) is 5.26 Å². The van der Waals surface area contributed by atoms with E-state index >= 15 is 0 Å². The molecule has 102 valence electrons. The summed E-state index contributed by atoms with van der Waals surface area (Å²) >= 11 is 0. The fraction of sp³-hybridized carbons (Fsp3) is 0.500. The minimum absolute atomic E-state index is 0.204. The van der Waals surface area contributed by atoms with Gasteiger partial charge >= 0.3 is 0 Å². The lowest BCUT2D eigenvalue weighted by atomic mass is 10.1. The first kappa shape index (κ1) is 13.0. The average Bonchev–Trinajstić information content (AvgIpc) is 3.15. The molecule has 2 fully saturated rings. The lowest BCUT2D eigenvalue weighted by Crippen LogP contribution is -2.36. The molecule has 0 radical (unpaired) electrons. The van der Waals surface area contributed by atoms with Crippen LogP contribution in [0.1, 0.15) is 18.4 Å². The van der Waals surface area contributed by atoms with E-state index in [4.69, 9.17) is 5.26 Å².